The highest BCUT2D eigenvalue weighted by Crippen LogP contribution is 2.22. The molecule has 1 fully saturated rings. The first-order valence-electron chi connectivity index (χ1n) is 9.30. The summed E-state index contributed by atoms with van der Waals surface area (Å²) in [5.41, 5.74) is 0.857. The van der Waals surface area contributed by atoms with Crippen molar-refractivity contribution < 1.29 is 9.53 Å². The predicted octanol–water partition coefficient (Wildman–Crippen LogP) is 2.22. The average Bonchev–Trinajstić information content (AvgIpc) is 2.71. The molecule has 1 aliphatic heterocycles. The van der Waals surface area contributed by atoms with E-state index in [1.165, 1.54) is 0 Å². The number of amides is 1. The molecule has 26 heavy (non-hydrogen) atoms. The van der Waals surface area contributed by atoms with E-state index in [-0.39, 0.29) is 5.91 Å². The second-order valence-electron chi connectivity index (χ2n) is 6.46. The zero-order chi connectivity index (χ0) is 18.0. The first-order valence-corrected chi connectivity index (χ1v) is 9.30. The maximum absolute atomic E-state index is 12.7. The number of carbonyl (C=O) groups is 1. The molecule has 1 saturated heterocycles. The molecule has 3 rings (SSSR count). The van der Waals surface area contributed by atoms with Crippen molar-refractivity contribution in [3.05, 3.63) is 66.2 Å². The van der Waals surface area contributed by atoms with Crippen LogP contribution in [-0.2, 0) is 4.79 Å². The molecular weight excluding hydrogens is 326 g/mol. The third-order valence-corrected chi connectivity index (χ3v) is 4.50. The number of nitrogens with one attached hydrogen (secondary N) is 2. The number of para-hydroxylation sites is 1. The standard InChI is InChI=1S/C21H27N3O2/c25-21(23-12-7-15-24-16-13-22-14-17-24)20(18-8-3-1-4-9-18)26-19-10-5-2-6-11-19/h1-6,8-11,20,22H,7,12-17H2,(H,23,25). The Morgan fingerprint density at radius 1 is 1.04 bits per heavy atom. The summed E-state index contributed by atoms with van der Waals surface area (Å²) in [5.74, 6) is 0.595. The largest absolute Gasteiger partial charge is 0.476 e. The molecule has 0 aromatic heterocycles. The summed E-state index contributed by atoms with van der Waals surface area (Å²) >= 11 is 0. The first-order chi connectivity index (χ1) is 12.8. The van der Waals surface area contributed by atoms with Gasteiger partial charge in [0, 0.05) is 38.3 Å². The smallest absolute Gasteiger partial charge is 0.265 e. The fraction of sp³-hybridized carbons (Fsp3) is 0.381. The summed E-state index contributed by atoms with van der Waals surface area (Å²) in [4.78, 5) is 15.2. The Balaban J connectivity index is 1.54. The number of rotatable bonds is 8. The van der Waals surface area contributed by atoms with Gasteiger partial charge in [-0.25, -0.2) is 0 Å². The summed E-state index contributed by atoms with van der Waals surface area (Å²) < 4.78 is 5.98. The van der Waals surface area contributed by atoms with Crippen molar-refractivity contribution in [1.29, 1.82) is 0 Å². The first kappa shape index (κ1) is 18.4. The Hall–Kier alpha value is -2.37. The molecule has 0 radical (unpaired) electrons. The summed E-state index contributed by atoms with van der Waals surface area (Å²) in [6.45, 7) is 5.93. The molecule has 1 heterocycles. The van der Waals surface area contributed by atoms with Gasteiger partial charge in [-0.05, 0) is 25.1 Å². The van der Waals surface area contributed by atoms with Crippen LogP contribution in [0, 0.1) is 0 Å². The van der Waals surface area contributed by atoms with Gasteiger partial charge in [-0.3, -0.25) is 4.79 Å². The van der Waals surface area contributed by atoms with Crippen LogP contribution in [0.25, 0.3) is 0 Å². The Morgan fingerprint density at radius 3 is 2.38 bits per heavy atom. The second kappa shape index (κ2) is 9.94. The van der Waals surface area contributed by atoms with Gasteiger partial charge in [-0.1, -0.05) is 48.5 Å². The molecule has 138 valence electrons. The number of carbonyl (C=O) groups excluding carboxylic acids is 1. The van der Waals surface area contributed by atoms with Crippen molar-refractivity contribution in [3.63, 3.8) is 0 Å². The monoisotopic (exact) mass is 353 g/mol. The minimum atomic E-state index is -0.641. The molecule has 5 heteroatoms. The molecule has 1 atom stereocenters. The molecule has 0 aliphatic carbocycles. The van der Waals surface area contributed by atoms with Crippen LogP contribution in [0.2, 0.25) is 0 Å². The van der Waals surface area contributed by atoms with Crippen LogP contribution in [0.15, 0.2) is 60.7 Å². The number of hydrogen-bond donors (Lipinski definition) is 2. The van der Waals surface area contributed by atoms with E-state index in [4.69, 9.17) is 4.74 Å². The Kier molecular flexibility index (Phi) is 7.05. The SMILES string of the molecule is O=C(NCCCN1CCNCC1)C(Oc1ccccc1)c1ccccc1. The summed E-state index contributed by atoms with van der Waals surface area (Å²) in [6.07, 6.45) is 0.302. The lowest BCUT2D eigenvalue weighted by atomic mass is 10.1. The van der Waals surface area contributed by atoms with Crippen molar-refractivity contribution >= 4 is 5.91 Å². The molecular formula is C21H27N3O2. The Bertz CT molecular complexity index is 657. The van der Waals surface area contributed by atoms with Gasteiger partial charge in [-0.2, -0.15) is 0 Å². The highest BCUT2D eigenvalue weighted by molar-refractivity contribution is 5.82. The van der Waals surface area contributed by atoms with E-state index in [9.17, 15) is 4.79 Å². The third-order valence-electron chi connectivity index (χ3n) is 4.50. The number of piperazine rings is 1. The fourth-order valence-electron chi connectivity index (χ4n) is 3.08. The second-order valence-corrected chi connectivity index (χ2v) is 6.46. The van der Waals surface area contributed by atoms with Gasteiger partial charge in [0.2, 0.25) is 6.10 Å². The van der Waals surface area contributed by atoms with E-state index >= 15 is 0 Å². The van der Waals surface area contributed by atoms with Crippen molar-refractivity contribution in [2.24, 2.45) is 0 Å². The molecule has 0 bridgehead atoms. The lowest BCUT2D eigenvalue weighted by Crippen LogP contribution is -2.44. The van der Waals surface area contributed by atoms with Crippen LogP contribution in [0.3, 0.4) is 0 Å². The van der Waals surface area contributed by atoms with Gasteiger partial charge in [0.1, 0.15) is 5.75 Å². The molecule has 1 unspecified atom stereocenters. The van der Waals surface area contributed by atoms with Gasteiger partial charge in [-0.15, -0.1) is 0 Å². The van der Waals surface area contributed by atoms with E-state index in [0.717, 1.165) is 44.7 Å². The van der Waals surface area contributed by atoms with Crippen molar-refractivity contribution in [2.45, 2.75) is 12.5 Å². The van der Waals surface area contributed by atoms with E-state index in [1.807, 2.05) is 60.7 Å². The number of benzene rings is 2. The summed E-state index contributed by atoms with van der Waals surface area (Å²) in [5, 5.41) is 6.39. The maximum atomic E-state index is 12.7. The van der Waals surface area contributed by atoms with Gasteiger partial charge in [0.15, 0.2) is 0 Å². The van der Waals surface area contributed by atoms with Gasteiger partial charge < -0.3 is 20.3 Å². The van der Waals surface area contributed by atoms with Crippen LogP contribution < -0.4 is 15.4 Å². The van der Waals surface area contributed by atoms with Crippen LogP contribution in [0.5, 0.6) is 5.75 Å². The van der Waals surface area contributed by atoms with Crippen molar-refractivity contribution in [2.75, 3.05) is 39.3 Å². The van der Waals surface area contributed by atoms with E-state index in [0.29, 0.717) is 12.3 Å². The van der Waals surface area contributed by atoms with Crippen LogP contribution in [0.1, 0.15) is 18.1 Å². The summed E-state index contributed by atoms with van der Waals surface area (Å²) in [6, 6.07) is 19.1. The van der Waals surface area contributed by atoms with Gasteiger partial charge >= 0.3 is 0 Å². The molecule has 1 amide bonds. The van der Waals surface area contributed by atoms with Gasteiger partial charge in [0.25, 0.3) is 5.91 Å². The molecule has 1 aliphatic rings. The molecule has 2 aromatic carbocycles. The van der Waals surface area contributed by atoms with Crippen molar-refractivity contribution in [1.82, 2.24) is 15.5 Å². The average molecular weight is 353 g/mol. The zero-order valence-corrected chi connectivity index (χ0v) is 15.1. The normalized spacial score (nSPS) is 16.0. The van der Waals surface area contributed by atoms with Gasteiger partial charge in [0.05, 0.1) is 0 Å². The number of hydrogen-bond acceptors (Lipinski definition) is 4. The fourth-order valence-corrected chi connectivity index (χ4v) is 3.08. The van der Waals surface area contributed by atoms with E-state index < -0.39 is 6.10 Å². The lowest BCUT2D eigenvalue weighted by molar-refractivity contribution is -0.128. The lowest BCUT2D eigenvalue weighted by Gasteiger charge is -2.27. The van der Waals surface area contributed by atoms with E-state index in [1.54, 1.807) is 0 Å². The highest BCUT2D eigenvalue weighted by Gasteiger charge is 2.22. The van der Waals surface area contributed by atoms with Crippen LogP contribution >= 0.6 is 0 Å². The minimum absolute atomic E-state index is 0.0969. The third kappa shape index (κ3) is 5.58. The van der Waals surface area contributed by atoms with Crippen LogP contribution in [-0.4, -0.2) is 50.1 Å². The number of nitrogens with zero attached hydrogens (tertiary/aromatic N) is 1. The predicted molar refractivity (Wildman–Crippen MR) is 103 cm³/mol. The van der Waals surface area contributed by atoms with Crippen LogP contribution in [0.4, 0.5) is 0 Å². The van der Waals surface area contributed by atoms with Crippen molar-refractivity contribution in [3.8, 4) is 5.75 Å². The molecule has 0 spiro atoms. The zero-order valence-electron chi connectivity index (χ0n) is 15.1. The Labute approximate surface area is 155 Å². The topological polar surface area (TPSA) is 53.6 Å². The molecule has 2 N–H and O–H groups in total. The Morgan fingerprint density at radius 2 is 1.69 bits per heavy atom. The highest BCUT2D eigenvalue weighted by atomic mass is 16.5. The summed E-state index contributed by atoms with van der Waals surface area (Å²) in [7, 11) is 0. The van der Waals surface area contributed by atoms with E-state index in [2.05, 4.69) is 15.5 Å². The molecule has 0 saturated carbocycles. The molecule has 2 aromatic rings. The number of ether oxygens (including phenoxy) is 1. The molecule has 5 nitrogen and oxygen atoms in total. The minimum Gasteiger partial charge on any atom is -0.476 e. The quantitative estimate of drug-likeness (QED) is 0.715. The maximum Gasteiger partial charge on any atom is 0.265 e.